The Morgan fingerprint density at radius 2 is 2.05 bits per heavy atom. The first-order valence-corrected chi connectivity index (χ1v) is 8.13. The van der Waals surface area contributed by atoms with Crippen LogP contribution in [0.15, 0.2) is 22.7 Å². The Morgan fingerprint density at radius 3 is 2.71 bits per heavy atom. The van der Waals surface area contributed by atoms with Gasteiger partial charge >= 0.3 is 0 Å². The normalized spacial score (nSPS) is 23.5. The first kappa shape index (κ1) is 14.9. The van der Waals surface area contributed by atoms with E-state index < -0.39 is 5.82 Å². The molecule has 2 aliphatic heterocycles. The van der Waals surface area contributed by atoms with Crippen molar-refractivity contribution in [2.75, 3.05) is 39.3 Å². The lowest BCUT2D eigenvalue weighted by Gasteiger charge is -2.37. The Balaban J connectivity index is 1.63. The minimum absolute atomic E-state index is 0.153. The fourth-order valence-corrected chi connectivity index (χ4v) is 3.43. The van der Waals surface area contributed by atoms with Crippen LogP contribution in [0, 0.1) is 5.82 Å². The van der Waals surface area contributed by atoms with Crippen LogP contribution in [0.4, 0.5) is 4.39 Å². The Bertz CT molecular complexity index is 526. The highest BCUT2D eigenvalue weighted by Crippen LogP contribution is 2.19. The molecule has 1 aromatic rings. The molecule has 1 amide bonds. The lowest BCUT2D eigenvalue weighted by molar-refractivity contribution is 0.0579. The molecule has 0 radical (unpaired) electrons. The monoisotopic (exact) mass is 355 g/mol. The van der Waals surface area contributed by atoms with Crippen molar-refractivity contribution < 1.29 is 9.18 Å². The number of nitrogens with one attached hydrogen (secondary N) is 1. The van der Waals surface area contributed by atoms with Crippen molar-refractivity contribution in [1.29, 1.82) is 0 Å². The lowest BCUT2D eigenvalue weighted by atomic mass is 10.1. The third-order valence-corrected chi connectivity index (χ3v) is 4.80. The van der Waals surface area contributed by atoms with Gasteiger partial charge in [0.15, 0.2) is 0 Å². The van der Waals surface area contributed by atoms with Gasteiger partial charge in [-0.15, -0.1) is 0 Å². The minimum Gasteiger partial charge on any atom is -0.336 e. The van der Waals surface area contributed by atoms with Gasteiger partial charge in [0.1, 0.15) is 5.82 Å². The van der Waals surface area contributed by atoms with E-state index in [9.17, 15) is 9.18 Å². The van der Waals surface area contributed by atoms with Gasteiger partial charge in [0, 0.05) is 43.2 Å². The van der Waals surface area contributed by atoms with Gasteiger partial charge in [-0.2, -0.15) is 0 Å². The fraction of sp³-hybridized carbons (Fsp3) is 0.533. The van der Waals surface area contributed by atoms with Gasteiger partial charge in [0.2, 0.25) is 0 Å². The van der Waals surface area contributed by atoms with Gasteiger partial charge in [0.05, 0.1) is 5.56 Å². The van der Waals surface area contributed by atoms with Crippen LogP contribution in [-0.2, 0) is 0 Å². The molecule has 0 saturated carbocycles. The molecule has 1 atom stereocenters. The summed E-state index contributed by atoms with van der Waals surface area (Å²) in [6, 6.07) is 5.09. The zero-order valence-electron chi connectivity index (χ0n) is 11.8. The molecule has 6 heteroatoms. The van der Waals surface area contributed by atoms with Crippen LogP contribution in [0.25, 0.3) is 0 Å². The van der Waals surface area contributed by atoms with Gasteiger partial charge in [-0.3, -0.25) is 9.69 Å². The number of carbonyl (C=O) groups excluding carboxylic acids is 1. The maximum Gasteiger partial charge on any atom is 0.256 e. The van der Waals surface area contributed by atoms with Crippen LogP contribution < -0.4 is 5.32 Å². The van der Waals surface area contributed by atoms with Gasteiger partial charge in [-0.05, 0) is 31.2 Å². The van der Waals surface area contributed by atoms with E-state index in [1.165, 1.54) is 12.5 Å². The molecule has 0 aromatic heterocycles. The molecular weight excluding hydrogens is 337 g/mol. The van der Waals surface area contributed by atoms with Crippen LogP contribution in [0.1, 0.15) is 16.8 Å². The van der Waals surface area contributed by atoms with Gasteiger partial charge in [0.25, 0.3) is 5.91 Å². The molecule has 0 bridgehead atoms. The molecule has 114 valence electrons. The number of nitrogens with zero attached hydrogens (tertiary/aromatic N) is 2. The zero-order valence-corrected chi connectivity index (χ0v) is 13.4. The maximum absolute atomic E-state index is 13.8. The second kappa shape index (κ2) is 6.42. The second-order valence-electron chi connectivity index (χ2n) is 5.60. The van der Waals surface area contributed by atoms with E-state index in [2.05, 4.69) is 26.1 Å². The molecule has 1 unspecified atom stereocenters. The highest BCUT2D eigenvalue weighted by molar-refractivity contribution is 9.10. The average molecular weight is 356 g/mol. The fourth-order valence-electron chi connectivity index (χ4n) is 3.07. The summed E-state index contributed by atoms with van der Waals surface area (Å²) >= 11 is 3.29. The van der Waals surface area contributed by atoms with Gasteiger partial charge in [-0.25, -0.2) is 4.39 Å². The molecule has 4 nitrogen and oxygen atoms in total. The summed E-state index contributed by atoms with van der Waals surface area (Å²) in [7, 11) is 0. The quantitative estimate of drug-likeness (QED) is 0.877. The number of amides is 1. The second-order valence-corrected chi connectivity index (χ2v) is 6.51. The van der Waals surface area contributed by atoms with Crippen LogP contribution in [0.2, 0.25) is 0 Å². The molecule has 0 aliphatic carbocycles. The summed E-state index contributed by atoms with van der Waals surface area (Å²) in [6.07, 6.45) is 1.17. The highest BCUT2D eigenvalue weighted by Gasteiger charge is 2.28. The predicted molar refractivity (Wildman–Crippen MR) is 82.9 cm³/mol. The van der Waals surface area contributed by atoms with E-state index in [-0.39, 0.29) is 11.5 Å². The van der Waals surface area contributed by atoms with Gasteiger partial charge in [-0.1, -0.05) is 15.9 Å². The molecule has 0 spiro atoms. The predicted octanol–water partition coefficient (Wildman–Crippen LogP) is 1.71. The molecule has 21 heavy (non-hydrogen) atoms. The van der Waals surface area contributed by atoms with Crippen molar-refractivity contribution in [3.8, 4) is 0 Å². The average Bonchev–Trinajstić information content (AvgIpc) is 3.03. The largest absolute Gasteiger partial charge is 0.336 e. The smallest absolute Gasteiger partial charge is 0.256 e. The molecule has 1 N–H and O–H groups in total. The number of piperazine rings is 1. The number of halogens is 2. The first-order valence-electron chi connectivity index (χ1n) is 7.34. The van der Waals surface area contributed by atoms with Crippen molar-refractivity contribution in [1.82, 2.24) is 15.1 Å². The topological polar surface area (TPSA) is 35.6 Å². The first-order chi connectivity index (χ1) is 10.1. The van der Waals surface area contributed by atoms with Crippen molar-refractivity contribution in [3.05, 3.63) is 34.1 Å². The van der Waals surface area contributed by atoms with Crippen molar-refractivity contribution in [2.45, 2.75) is 12.5 Å². The number of hydrogen-bond acceptors (Lipinski definition) is 3. The number of benzene rings is 1. The summed E-state index contributed by atoms with van der Waals surface area (Å²) in [6.45, 7) is 5.19. The van der Waals surface area contributed by atoms with Crippen molar-refractivity contribution >= 4 is 21.8 Å². The molecule has 2 heterocycles. The van der Waals surface area contributed by atoms with Crippen molar-refractivity contribution in [3.63, 3.8) is 0 Å². The molecular formula is C15H19BrFN3O. The Morgan fingerprint density at radius 1 is 1.29 bits per heavy atom. The number of carbonyl (C=O) groups is 1. The third kappa shape index (κ3) is 3.27. The van der Waals surface area contributed by atoms with E-state index in [4.69, 9.17) is 0 Å². The standard InChI is InChI=1S/C15H19BrFN3O/c16-11-1-2-14(17)13(9-11)15(21)20-7-5-19(6-8-20)12-3-4-18-10-12/h1-2,9,12,18H,3-8,10H2. The van der Waals surface area contributed by atoms with Gasteiger partial charge < -0.3 is 10.2 Å². The SMILES string of the molecule is O=C(c1cc(Br)ccc1F)N1CCN(C2CCNC2)CC1. The van der Waals surface area contributed by atoms with Crippen LogP contribution in [0.5, 0.6) is 0 Å². The van der Waals surface area contributed by atoms with Crippen LogP contribution >= 0.6 is 15.9 Å². The molecule has 2 aliphatic rings. The molecule has 2 fully saturated rings. The summed E-state index contributed by atoms with van der Waals surface area (Å²) in [4.78, 5) is 16.6. The molecule has 1 aromatic carbocycles. The maximum atomic E-state index is 13.8. The van der Waals surface area contributed by atoms with E-state index in [0.29, 0.717) is 19.1 Å². The Labute approximate surface area is 132 Å². The molecule has 2 saturated heterocycles. The van der Waals surface area contributed by atoms with E-state index in [1.807, 2.05) is 0 Å². The zero-order chi connectivity index (χ0) is 14.8. The number of rotatable bonds is 2. The minimum atomic E-state index is -0.453. The van der Waals surface area contributed by atoms with E-state index in [0.717, 1.165) is 30.7 Å². The number of hydrogen-bond donors (Lipinski definition) is 1. The Kier molecular flexibility index (Phi) is 4.57. The van der Waals surface area contributed by atoms with Crippen LogP contribution in [-0.4, -0.2) is 61.0 Å². The summed E-state index contributed by atoms with van der Waals surface area (Å²) in [5.41, 5.74) is 0.153. The highest BCUT2D eigenvalue weighted by atomic mass is 79.9. The van der Waals surface area contributed by atoms with Crippen molar-refractivity contribution in [2.24, 2.45) is 0 Å². The third-order valence-electron chi connectivity index (χ3n) is 4.31. The van der Waals surface area contributed by atoms with E-state index >= 15 is 0 Å². The van der Waals surface area contributed by atoms with Crippen LogP contribution in [0.3, 0.4) is 0 Å². The summed E-state index contributed by atoms with van der Waals surface area (Å²) in [5.74, 6) is -0.663. The summed E-state index contributed by atoms with van der Waals surface area (Å²) < 4.78 is 14.5. The molecule has 3 rings (SSSR count). The Hall–Kier alpha value is -0.980. The lowest BCUT2D eigenvalue weighted by Crippen LogP contribution is -2.52. The summed E-state index contributed by atoms with van der Waals surface area (Å²) in [5, 5.41) is 3.37. The van der Waals surface area contributed by atoms with E-state index in [1.54, 1.807) is 17.0 Å².